The van der Waals surface area contributed by atoms with E-state index < -0.39 is 0 Å². The number of thioether (sulfide) groups is 2. The van der Waals surface area contributed by atoms with Crippen LogP contribution in [0.1, 0.15) is 38.2 Å². The Balaban J connectivity index is 1.83. The van der Waals surface area contributed by atoms with Crippen molar-refractivity contribution in [2.24, 2.45) is 0 Å². The van der Waals surface area contributed by atoms with E-state index >= 15 is 0 Å². The highest BCUT2D eigenvalue weighted by molar-refractivity contribution is 8.00. The van der Waals surface area contributed by atoms with Crippen molar-refractivity contribution in [1.82, 2.24) is 14.9 Å². The van der Waals surface area contributed by atoms with Crippen LogP contribution < -0.4 is 0 Å². The third-order valence-electron chi connectivity index (χ3n) is 3.92. The monoisotopic (exact) mass is 343 g/mol. The van der Waals surface area contributed by atoms with Gasteiger partial charge in [0, 0.05) is 42.5 Å². The molecule has 1 fully saturated rings. The molecule has 2 unspecified atom stereocenters. The summed E-state index contributed by atoms with van der Waals surface area (Å²) in [5.74, 6) is 1.55. The van der Waals surface area contributed by atoms with Crippen molar-refractivity contribution in [3.05, 3.63) is 10.7 Å². The molecule has 1 saturated heterocycles. The molecule has 0 bridgehead atoms. The zero-order chi connectivity index (χ0) is 15.0. The van der Waals surface area contributed by atoms with Crippen LogP contribution in [0.15, 0.2) is 10.2 Å². The minimum absolute atomic E-state index is 0.154. The summed E-state index contributed by atoms with van der Waals surface area (Å²) in [5, 5.41) is 2.77. The first-order chi connectivity index (χ1) is 10.1. The average molecular weight is 344 g/mol. The van der Waals surface area contributed by atoms with Gasteiger partial charge in [-0.2, -0.15) is 0 Å². The van der Waals surface area contributed by atoms with E-state index in [-0.39, 0.29) is 5.91 Å². The minimum atomic E-state index is 0.154. The fourth-order valence-electron chi connectivity index (χ4n) is 2.86. The van der Waals surface area contributed by atoms with Crippen LogP contribution in [0.4, 0.5) is 0 Å². The van der Waals surface area contributed by atoms with Gasteiger partial charge in [0.2, 0.25) is 5.91 Å². The van der Waals surface area contributed by atoms with Crippen molar-refractivity contribution < 1.29 is 4.79 Å². The third-order valence-corrected chi connectivity index (χ3v) is 6.57. The molecule has 1 amide bonds. The maximum atomic E-state index is 11.6. The smallest absolute Gasteiger partial charge is 0.219 e. The van der Waals surface area contributed by atoms with Crippen LogP contribution in [-0.4, -0.2) is 44.9 Å². The molecule has 1 aromatic heterocycles. The van der Waals surface area contributed by atoms with Gasteiger partial charge in [0.15, 0.2) is 5.16 Å². The highest BCUT2D eigenvalue weighted by Gasteiger charge is 2.41. The summed E-state index contributed by atoms with van der Waals surface area (Å²) in [7, 11) is 0. The van der Waals surface area contributed by atoms with Crippen LogP contribution in [-0.2, 0) is 4.79 Å². The number of nitrogens with zero attached hydrogens (tertiary/aromatic N) is 3. The van der Waals surface area contributed by atoms with Crippen LogP contribution >= 0.6 is 35.1 Å². The lowest BCUT2D eigenvalue weighted by Crippen LogP contribution is -2.42. The first-order valence-electron chi connectivity index (χ1n) is 7.22. The first kappa shape index (κ1) is 15.4. The second kappa shape index (κ2) is 6.34. The lowest BCUT2D eigenvalue weighted by Gasteiger charge is -2.33. The zero-order valence-electron chi connectivity index (χ0n) is 12.1. The van der Waals surface area contributed by atoms with Crippen molar-refractivity contribution in [2.75, 3.05) is 18.8 Å². The maximum Gasteiger partial charge on any atom is 0.219 e. The Morgan fingerprint density at radius 1 is 1.52 bits per heavy atom. The highest BCUT2D eigenvalue weighted by Crippen LogP contribution is 2.50. The number of piperidine rings is 1. The van der Waals surface area contributed by atoms with E-state index in [9.17, 15) is 4.79 Å². The van der Waals surface area contributed by atoms with Gasteiger partial charge in [0.05, 0.1) is 0 Å². The van der Waals surface area contributed by atoms with E-state index in [0.717, 1.165) is 47.4 Å². The first-order valence-corrected chi connectivity index (χ1v) is 9.47. The normalized spacial score (nSPS) is 23.9. The predicted molar refractivity (Wildman–Crippen MR) is 87.3 cm³/mol. The fraction of sp³-hybridized carbons (Fsp3) is 0.643. The summed E-state index contributed by atoms with van der Waals surface area (Å²) >= 11 is 9.83. The highest BCUT2D eigenvalue weighted by atomic mass is 35.5. The van der Waals surface area contributed by atoms with E-state index in [0.29, 0.717) is 16.3 Å². The van der Waals surface area contributed by atoms with Gasteiger partial charge in [0.1, 0.15) is 10.2 Å². The molecule has 0 N–H and O–H groups in total. The maximum absolute atomic E-state index is 11.6. The number of fused-ring (bicyclic) bond motifs is 3. The van der Waals surface area contributed by atoms with E-state index in [1.807, 2.05) is 4.90 Å². The number of halogens is 1. The Morgan fingerprint density at radius 3 is 3.05 bits per heavy atom. The van der Waals surface area contributed by atoms with Crippen LogP contribution in [0.5, 0.6) is 0 Å². The Hall–Kier alpha value is -0.460. The largest absolute Gasteiger partial charge is 0.342 e. The molecule has 114 valence electrons. The molecule has 3 rings (SSSR count). The summed E-state index contributed by atoms with van der Waals surface area (Å²) < 4.78 is 0. The van der Waals surface area contributed by atoms with Crippen LogP contribution in [0.2, 0.25) is 5.15 Å². The molecular formula is C14H18ClN3OS2. The van der Waals surface area contributed by atoms with E-state index in [1.54, 1.807) is 30.4 Å². The Morgan fingerprint density at radius 2 is 2.33 bits per heavy atom. The summed E-state index contributed by atoms with van der Waals surface area (Å²) in [6, 6.07) is 0. The third kappa shape index (κ3) is 3.03. The van der Waals surface area contributed by atoms with E-state index in [1.165, 1.54) is 0 Å². The Kier molecular flexibility index (Phi) is 4.66. The van der Waals surface area contributed by atoms with Gasteiger partial charge >= 0.3 is 0 Å². The van der Waals surface area contributed by atoms with Gasteiger partial charge in [0.25, 0.3) is 0 Å². The molecule has 0 radical (unpaired) electrons. The molecule has 7 heteroatoms. The second-order valence-corrected chi connectivity index (χ2v) is 8.03. The Bertz CT molecular complexity index is 569. The molecule has 2 aliphatic rings. The summed E-state index contributed by atoms with van der Waals surface area (Å²) in [6.07, 6.45) is 2.05. The summed E-state index contributed by atoms with van der Waals surface area (Å²) in [6.45, 7) is 5.37. The standard InChI is InChI=1S/C14H18ClN3OS2/c1-3-6-20-14-16-12(15)11-9-4-5-18(8(2)19)7-10(9)21-13(11)17-14/h9-10H,3-7H2,1-2H3. The topological polar surface area (TPSA) is 46.1 Å². The van der Waals surface area contributed by atoms with Gasteiger partial charge in [-0.15, -0.1) is 11.8 Å². The quantitative estimate of drug-likeness (QED) is 0.478. The minimum Gasteiger partial charge on any atom is -0.342 e. The second-order valence-electron chi connectivity index (χ2n) is 5.38. The fourth-order valence-corrected chi connectivity index (χ4v) is 5.52. The van der Waals surface area contributed by atoms with Crippen LogP contribution in [0, 0.1) is 0 Å². The SMILES string of the molecule is CCCSc1nc(Cl)c2c(n1)SC1CN(C(C)=O)CCC21. The van der Waals surface area contributed by atoms with E-state index in [2.05, 4.69) is 16.9 Å². The molecule has 0 aliphatic carbocycles. The van der Waals surface area contributed by atoms with Crippen molar-refractivity contribution in [1.29, 1.82) is 0 Å². The van der Waals surface area contributed by atoms with Gasteiger partial charge in [-0.1, -0.05) is 30.3 Å². The molecule has 2 aliphatic heterocycles. The number of amides is 1. The molecular weight excluding hydrogens is 326 g/mol. The molecule has 0 saturated carbocycles. The van der Waals surface area contributed by atoms with Gasteiger partial charge in [-0.05, 0) is 12.8 Å². The summed E-state index contributed by atoms with van der Waals surface area (Å²) in [5.41, 5.74) is 1.11. The van der Waals surface area contributed by atoms with Gasteiger partial charge in [-0.25, -0.2) is 9.97 Å². The lowest BCUT2D eigenvalue weighted by molar-refractivity contribution is -0.129. The molecule has 2 atom stereocenters. The number of hydrogen-bond acceptors (Lipinski definition) is 5. The van der Waals surface area contributed by atoms with Crippen LogP contribution in [0.25, 0.3) is 0 Å². The molecule has 4 nitrogen and oxygen atoms in total. The number of aromatic nitrogens is 2. The van der Waals surface area contributed by atoms with Gasteiger partial charge < -0.3 is 4.90 Å². The number of carbonyl (C=O) groups is 1. The molecule has 21 heavy (non-hydrogen) atoms. The molecule has 3 heterocycles. The lowest BCUT2D eigenvalue weighted by atomic mass is 9.91. The number of hydrogen-bond donors (Lipinski definition) is 0. The van der Waals surface area contributed by atoms with Crippen molar-refractivity contribution in [3.63, 3.8) is 0 Å². The predicted octanol–water partition coefficient (Wildman–Crippen LogP) is 3.44. The molecule has 1 aromatic rings. The number of rotatable bonds is 3. The molecule has 0 aromatic carbocycles. The zero-order valence-corrected chi connectivity index (χ0v) is 14.5. The van der Waals surface area contributed by atoms with Gasteiger partial charge in [-0.3, -0.25) is 4.79 Å². The van der Waals surface area contributed by atoms with Crippen molar-refractivity contribution in [2.45, 2.75) is 48.0 Å². The van der Waals surface area contributed by atoms with Crippen molar-refractivity contribution >= 4 is 41.0 Å². The number of likely N-dealkylation sites (tertiary alicyclic amines) is 1. The van der Waals surface area contributed by atoms with E-state index in [4.69, 9.17) is 11.6 Å². The average Bonchev–Trinajstić information content (AvgIpc) is 2.82. The van der Waals surface area contributed by atoms with Crippen LogP contribution in [0.3, 0.4) is 0 Å². The Labute approximate surface area is 138 Å². The summed E-state index contributed by atoms with van der Waals surface area (Å²) in [4.78, 5) is 22.6. The van der Waals surface area contributed by atoms with Crippen molar-refractivity contribution in [3.8, 4) is 0 Å². The number of carbonyl (C=O) groups excluding carboxylic acids is 1. The molecule has 0 spiro atoms.